The summed E-state index contributed by atoms with van der Waals surface area (Å²) >= 11 is 1.34. The molecule has 2 amide bonds. The normalized spacial score (nSPS) is 16.3. The van der Waals surface area contributed by atoms with E-state index in [1.165, 1.54) is 16.9 Å². The molecule has 1 fully saturated rings. The maximum absolute atomic E-state index is 12.6. The third-order valence-corrected chi connectivity index (χ3v) is 5.48. The number of aromatic nitrogens is 1. The minimum absolute atomic E-state index is 0.0472. The van der Waals surface area contributed by atoms with Crippen LogP contribution in [0.2, 0.25) is 0 Å². The zero-order valence-corrected chi connectivity index (χ0v) is 16.1. The Hall–Kier alpha value is -2.54. The maximum atomic E-state index is 12.6. The summed E-state index contributed by atoms with van der Waals surface area (Å²) in [5.74, 6) is -0.406. The van der Waals surface area contributed by atoms with Crippen molar-refractivity contribution < 1.29 is 14.4 Å². The Balaban J connectivity index is 1.54. The molecule has 7 heteroatoms. The van der Waals surface area contributed by atoms with Crippen LogP contribution in [0.25, 0.3) is 0 Å². The Morgan fingerprint density at radius 2 is 2.00 bits per heavy atom. The fourth-order valence-electron chi connectivity index (χ4n) is 3.25. The topological polar surface area (TPSA) is 79.4 Å². The molecule has 1 unspecified atom stereocenters. The van der Waals surface area contributed by atoms with Crippen LogP contribution in [0.4, 0.5) is 5.13 Å². The average molecular weight is 385 g/mol. The second-order valence-electron chi connectivity index (χ2n) is 6.55. The predicted octanol–water partition coefficient (Wildman–Crippen LogP) is 3.30. The number of thiazole rings is 1. The lowest BCUT2D eigenvalue weighted by Crippen LogP contribution is -2.43. The number of hydrogen-bond donors (Lipinski definition) is 1. The molecular weight excluding hydrogens is 362 g/mol. The van der Waals surface area contributed by atoms with Crippen molar-refractivity contribution in [3.63, 3.8) is 0 Å². The summed E-state index contributed by atoms with van der Waals surface area (Å²) < 4.78 is 0. The molecule has 2 aromatic rings. The highest BCUT2D eigenvalue weighted by Crippen LogP contribution is 2.21. The Kier molecular flexibility index (Phi) is 6.34. The van der Waals surface area contributed by atoms with Crippen LogP contribution in [-0.4, -0.2) is 40.1 Å². The summed E-state index contributed by atoms with van der Waals surface area (Å²) in [6.07, 6.45) is 4.24. The molecular formula is C20H23N3O3S. The molecule has 2 heterocycles. The number of carbonyl (C=O) groups excluding carboxylic acids is 3. The van der Waals surface area contributed by atoms with Gasteiger partial charge in [-0.3, -0.25) is 14.4 Å². The minimum Gasteiger partial charge on any atom is -0.331 e. The third kappa shape index (κ3) is 4.80. The number of rotatable bonds is 7. The van der Waals surface area contributed by atoms with E-state index < -0.39 is 6.04 Å². The van der Waals surface area contributed by atoms with Gasteiger partial charge in [-0.05, 0) is 24.8 Å². The van der Waals surface area contributed by atoms with Gasteiger partial charge >= 0.3 is 0 Å². The molecule has 0 aliphatic carbocycles. The van der Waals surface area contributed by atoms with Crippen LogP contribution in [0, 0.1) is 0 Å². The highest BCUT2D eigenvalue weighted by molar-refractivity contribution is 7.13. The molecule has 142 valence electrons. The number of Topliss-reactive ketones (excluding diaryl/α,β-unsaturated/α-hetero) is 1. The van der Waals surface area contributed by atoms with Crippen molar-refractivity contribution in [3.8, 4) is 0 Å². The number of aryl methyl sites for hydroxylation is 1. The number of ketones is 1. The number of nitrogens with zero attached hydrogens (tertiary/aromatic N) is 2. The fraction of sp³-hybridized carbons (Fsp3) is 0.400. The number of benzene rings is 1. The smallest absolute Gasteiger partial charge is 0.248 e. The minimum atomic E-state index is -0.486. The van der Waals surface area contributed by atoms with E-state index in [9.17, 15) is 14.4 Å². The average Bonchev–Trinajstić information content (AvgIpc) is 3.37. The summed E-state index contributed by atoms with van der Waals surface area (Å²) in [5.41, 5.74) is 1.80. The highest BCUT2D eigenvalue weighted by Gasteiger charge is 2.34. The summed E-state index contributed by atoms with van der Waals surface area (Å²) in [7, 11) is 0. The summed E-state index contributed by atoms with van der Waals surface area (Å²) in [4.78, 5) is 43.0. The monoisotopic (exact) mass is 385 g/mol. The molecule has 1 aliphatic heterocycles. The lowest BCUT2D eigenvalue weighted by Gasteiger charge is -2.23. The van der Waals surface area contributed by atoms with Crippen LogP contribution in [0.15, 0.2) is 35.8 Å². The van der Waals surface area contributed by atoms with Crippen molar-refractivity contribution in [1.82, 2.24) is 9.88 Å². The van der Waals surface area contributed by atoms with E-state index in [2.05, 4.69) is 17.2 Å². The number of likely N-dealkylation sites (tertiary alicyclic amines) is 1. The molecule has 0 radical (unpaired) electrons. The van der Waals surface area contributed by atoms with Crippen molar-refractivity contribution in [1.29, 1.82) is 0 Å². The Morgan fingerprint density at radius 1 is 1.22 bits per heavy atom. The Bertz CT molecular complexity index is 802. The van der Waals surface area contributed by atoms with Crippen molar-refractivity contribution in [2.24, 2.45) is 0 Å². The molecule has 1 aromatic heterocycles. The van der Waals surface area contributed by atoms with Crippen LogP contribution in [0.3, 0.4) is 0 Å². The van der Waals surface area contributed by atoms with Gasteiger partial charge in [-0.1, -0.05) is 31.2 Å². The number of carbonyl (C=O) groups is 3. The molecule has 27 heavy (non-hydrogen) atoms. The zero-order valence-electron chi connectivity index (χ0n) is 15.3. The molecule has 1 atom stereocenters. The van der Waals surface area contributed by atoms with Crippen molar-refractivity contribution >= 4 is 34.1 Å². The first-order valence-electron chi connectivity index (χ1n) is 9.20. The van der Waals surface area contributed by atoms with E-state index in [0.29, 0.717) is 23.7 Å². The number of hydrogen-bond acceptors (Lipinski definition) is 5. The molecule has 6 nitrogen and oxygen atoms in total. The molecule has 0 bridgehead atoms. The lowest BCUT2D eigenvalue weighted by molar-refractivity contribution is -0.136. The number of anilines is 1. The SMILES string of the molecule is CCc1ccc(C(=O)CCC(=O)N2CCCC2C(=O)Nc2nccs2)cc1. The predicted molar refractivity (Wildman–Crippen MR) is 105 cm³/mol. The number of nitrogens with one attached hydrogen (secondary N) is 1. The van der Waals surface area contributed by atoms with Crippen LogP contribution in [0.5, 0.6) is 0 Å². The van der Waals surface area contributed by atoms with Gasteiger partial charge < -0.3 is 10.2 Å². The van der Waals surface area contributed by atoms with Crippen LogP contribution >= 0.6 is 11.3 Å². The molecule has 1 aliphatic rings. The quantitative estimate of drug-likeness (QED) is 0.742. The van der Waals surface area contributed by atoms with Gasteiger partial charge in [0.15, 0.2) is 10.9 Å². The van der Waals surface area contributed by atoms with Gasteiger partial charge in [-0.2, -0.15) is 0 Å². The van der Waals surface area contributed by atoms with Crippen LogP contribution < -0.4 is 5.32 Å². The lowest BCUT2D eigenvalue weighted by atomic mass is 10.0. The first kappa shape index (κ1) is 19.2. The van der Waals surface area contributed by atoms with Gasteiger partial charge in [0.2, 0.25) is 11.8 Å². The molecule has 3 rings (SSSR count). The molecule has 0 spiro atoms. The molecule has 1 aromatic carbocycles. The van der Waals surface area contributed by atoms with Crippen molar-refractivity contribution in [2.45, 2.75) is 45.1 Å². The third-order valence-electron chi connectivity index (χ3n) is 4.79. The molecule has 1 N–H and O–H groups in total. The fourth-order valence-corrected chi connectivity index (χ4v) is 3.78. The van der Waals surface area contributed by atoms with Gasteiger partial charge in [-0.25, -0.2) is 4.98 Å². The maximum Gasteiger partial charge on any atom is 0.248 e. The van der Waals surface area contributed by atoms with Gasteiger partial charge in [-0.15, -0.1) is 11.3 Å². The first-order valence-corrected chi connectivity index (χ1v) is 10.1. The first-order chi connectivity index (χ1) is 13.1. The van der Waals surface area contributed by atoms with E-state index in [-0.39, 0.29) is 30.4 Å². The van der Waals surface area contributed by atoms with Crippen LogP contribution in [0.1, 0.15) is 48.5 Å². The van der Waals surface area contributed by atoms with E-state index in [4.69, 9.17) is 0 Å². The summed E-state index contributed by atoms with van der Waals surface area (Å²) in [5, 5.41) is 5.07. The second-order valence-corrected chi connectivity index (χ2v) is 7.44. The zero-order chi connectivity index (χ0) is 19.2. The molecule has 1 saturated heterocycles. The Morgan fingerprint density at radius 3 is 2.67 bits per heavy atom. The van der Waals surface area contributed by atoms with Gasteiger partial charge in [0.05, 0.1) is 0 Å². The van der Waals surface area contributed by atoms with Gasteiger partial charge in [0, 0.05) is 36.5 Å². The van der Waals surface area contributed by atoms with Crippen molar-refractivity contribution in [3.05, 3.63) is 47.0 Å². The van der Waals surface area contributed by atoms with Crippen LogP contribution in [-0.2, 0) is 16.0 Å². The van der Waals surface area contributed by atoms with E-state index >= 15 is 0 Å². The highest BCUT2D eigenvalue weighted by atomic mass is 32.1. The molecule has 0 saturated carbocycles. The number of amides is 2. The van der Waals surface area contributed by atoms with E-state index in [0.717, 1.165) is 12.8 Å². The van der Waals surface area contributed by atoms with Crippen molar-refractivity contribution in [2.75, 3.05) is 11.9 Å². The standard InChI is InChI=1S/C20H23N3O3S/c1-2-14-5-7-15(8-6-14)17(24)9-10-18(25)23-12-3-4-16(23)19(26)22-20-21-11-13-27-20/h5-8,11,13,16H,2-4,9-10,12H2,1H3,(H,21,22,26). The Labute approximate surface area is 162 Å². The van der Waals surface area contributed by atoms with Gasteiger partial charge in [0.1, 0.15) is 6.04 Å². The largest absolute Gasteiger partial charge is 0.331 e. The van der Waals surface area contributed by atoms with E-state index in [1.807, 2.05) is 24.3 Å². The van der Waals surface area contributed by atoms with E-state index in [1.54, 1.807) is 16.5 Å². The second kappa shape index (κ2) is 8.90. The summed E-state index contributed by atoms with van der Waals surface area (Å²) in [6.45, 7) is 2.61. The van der Waals surface area contributed by atoms with Gasteiger partial charge in [0.25, 0.3) is 0 Å². The summed E-state index contributed by atoms with van der Waals surface area (Å²) in [6, 6.07) is 7.01.